The zero-order chi connectivity index (χ0) is 27.6. The Morgan fingerprint density at radius 2 is 1.74 bits per heavy atom. The van der Waals surface area contributed by atoms with Crippen LogP contribution in [0.15, 0.2) is 65.8 Å². The molecule has 39 heavy (non-hydrogen) atoms. The van der Waals surface area contributed by atoms with Gasteiger partial charge in [0.25, 0.3) is 10.0 Å². The van der Waals surface area contributed by atoms with Crippen molar-refractivity contribution in [3.8, 4) is 22.9 Å². The van der Waals surface area contributed by atoms with Crippen molar-refractivity contribution < 1.29 is 13.2 Å². The standard InChI is InChI=1S/C29H34N6O3S/c1-5-25-27(26-9-7-6-8-20(26)2)31-29(33-39(36,37)24-18-30-35(4)19-24)32-28(25)38-23-12-10-21(11-13-23)22-14-16-34(3)17-15-22/h6-13,18-19,22H,5,14-17H2,1-4H3,(H,31,32,33). The minimum Gasteiger partial charge on any atom is -0.439 e. The number of benzene rings is 2. The van der Waals surface area contributed by atoms with Crippen molar-refractivity contribution >= 4 is 16.0 Å². The van der Waals surface area contributed by atoms with Gasteiger partial charge in [0.15, 0.2) is 0 Å². The lowest BCUT2D eigenvalue weighted by Gasteiger charge is -2.29. The minimum atomic E-state index is -3.95. The van der Waals surface area contributed by atoms with Crippen LogP contribution in [-0.4, -0.2) is 53.2 Å². The first-order valence-electron chi connectivity index (χ1n) is 13.2. The highest BCUT2D eigenvalue weighted by molar-refractivity contribution is 7.92. The smallest absolute Gasteiger partial charge is 0.267 e. The Balaban J connectivity index is 1.51. The maximum atomic E-state index is 13.1. The van der Waals surface area contributed by atoms with E-state index in [4.69, 9.17) is 4.74 Å². The molecule has 1 fully saturated rings. The molecule has 1 aliphatic rings. The molecule has 3 heterocycles. The zero-order valence-electron chi connectivity index (χ0n) is 22.8. The number of aromatic nitrogens is 4. The first-order valence-corrected chi connectivity index (χ1v) is 14.7. The van der Waals surface area contributed by atoms with Gasteiger partial charge in [0.2, 0.25) is 11.8 Å². The Morgan fingerprint density at radius 1 is 1.03 bits per heavy atom. The molecule has 10 heteroatoms. The van der Waals surface area contributed by atoms with Gasteiger partial charge in [-0.05, 0) is 75.5 Å². The number of likely N-dealkylation sites (tertiary alicyclic amines) is 1. The van der Waals surface area contributed by atoms with Crippen LogP contribution in [0.2, 0.25) is 0 Å². The summed E-state index contributed by atoms with van der Waals surface area (Å²) < 4.78 is 36.4. The summed E-state index contributed by atoms with van der Waals surface area (Å²) in [7, 11) is -0.128. The second-order valence-corrected chi connectivity index (χ2v) is 11.7. The predicted molar refractivity (Wildman–Crippen MR) is 152 cm³/mol. The van der Waals surface area contributed by atoms with E-state index in [0.29, 0.717) is 29.7 Å². The molecule has 4 aromatic rings. The SMILES string of the molecule is CCc1c(Oc2ccc(C3CCN(C)CC3)cc2)nc(NS(=O)(=O)c2cnn(C)c2)nc1-c1ccccc1C. The highest BCUT2D eigenvalue weighted by Crippen LogP contribution is 2.35. The van der Waals surface area contributed by atoms with Crippen LogP contribution in [0.3, 0.4) is 0 Å². The molecule has 1 N–H and O–H groups in total. The van der Waals surface area contributed by atoms with Gasteiger partial charge in [-0.25, -0.2) is 18.1 Å². The van der Waals surface area contributed by atoms with Crippen LogP contribution >= 0.6 is 0 Å². The van der Waals surface area contributed by atoms with Crippen LogP contribution in [0.4, 0.5) is 5.95 Å². The number of sulfonamides is 1. The van der Waals surface area contributed by atoms with Gasteiger partial charge in [-0.3, -0.25) is 4.68 Å². The lowest BCUT2D eigenvalue weighted by atomic mass is 9.90. The average molecular weight is 547 g/mol. The summed E-state index contributed by atoms with van der Waals surface area (Å²) in [6.07, 6.45) is 5.59. The summed E-state index contributed by atoms with van der Waals surface area (Å²) in [5, 5.41) is 3.98. The number of nitrogens with one attached hydrogen (secondary N) is 1. The molecule has 0 aliphatic carbocycles. The minimum absolute atomic E-state index is 0.0255. The molecule has 0 radical (unpaired) electrons. The van der Waals surface area contributed by atoms with Gasteiger partial charge in [-0.2, -0.15) is 10.1 Å². The molecule has 2 aromatic carbocycles. The summed E-state index contributed by atoms with van der Waals surface area (Å²) in [6.45, 7) is 6.21. The molecule has 0 saturated carbocycles. The van der Waals surface area contributed by atoms with Gasteiger partial charge in [0.1, 0.15) is 10.6 Å². The monoisotopic (exact) mass is 546 g/mol. The molecule has 5 rings (SSSR count). The van der Waals surface area contributed by atoms with E-state index in [0.717, 1.165) is 42.6 Å². The average Bonchev–Trinajstić information content (AvgIpc) is 3.37. The number of nitrogens with zero attached hydrogens (tertiary/aromatic N) is 5. The van der Waals surface area contributed by atoms with E-state index in [9.17, 15) is 8.42 Å². The van der Waals surface area contributed by atoms with Crippen LogP contribution in [0, 0.1) is 6.92 Å². The third-order valence-electron chi connectivity index (χ3n) is 7.22. The number of hydrogen-bond acceptors (Lipinski definition) is 7. The van der Waals surface area contributed by atoms with Crippen LogP contribution in [0.5, 0.6) is 11.6 Å². The number of anilines is 1. The van der Waals surface area contributed by atoms with Crippen LogP contribution < -0.4 is 9.46 Å². The quantitative estimate of drug-likeness (QED) is 0.326. The van der Waals surface area contributed by atoms with Crippen LogP contribution in [0.1, 0.15) is 42.4 Å². The van der Waals surface area contributed by atoms with Crippen molar-refractivity contribution in [1.29, 1.82) is 0 Å². The van der Waals surface area contributed by atoms with E-state index in [1.165, 1.54) is 22.6 Å². The van der Waals surface area contributed by atoms with Gasteiger partial charge in [0, 0.05) is 24.4 Å². The first kappa shape index (κ1) is 26.8. The summed E-state index contributed by atoms with van der Waals surface area (Å²) in [4.78, 5) is 11.6. The maximum absolute atomic E-state index is 13.1. The third kappa shape index (κ3) is 5.97. The van der Waals surface area contributed by atoms with Gasteiger partial charge in [0.05, 0.1) is 11.9 Å². The second kappa shape index (κ2) is 11.2. The molecule has 9 nitrogen and oxygen atoms in total. The summed E-state index contributed by atoms with van der Waals surface area (Å²) in [5.41, 5.74) is 4.64. The third-order valence-corrected chi connectivity index (χ3v) is 8.51. The summed E-state index contributed by atoms with van der Waals surface area (Å²) in [5.74, 6) is 1.44. The molecule has 0 amide bonds. The van der Waals surface area contributed by atoms with E-state index in [-0.39, 0.29) is 10.8 Å². The van der Waals surface area contributed by atoms with E-state index in [2.05, 4.69) is 43.9 Å². The molecular weight excluding hydrogens is 512 g/mol. The number of hydrogen-bond donors (Lipinski definition) is 1. The number of piperidine rings is 1. The van der Waals surface area contributed by atoms with Crippen molar-refractivity contribution in [2.45, 2.75) is 43.9 Å². The Bertz CT molecular complexity index is 1560. The van der Waals surface area contributed by atoms with Crippen LogP contribution in [-0.2, 0) is 23.5 Å². The molecule has 0 unspecified atom stereocenters. The van der Waals surface area contributed by atoms with Crippen molar-refractivity contribution in [3.63, 3.8) is 0 Å². The fraction of sp³-hybridized carbons (Fsp3) is 0.345. The fourth-order valence-electron chi connectivity index (χ4n) is 4.95. The molecule has 1 saturated heterocycles. The number of aryl methyl sites for hydroxylation is 2. The van der Waals surface area contributed by atoms with Crippen LogP contribution in [0.25, 0.3) is 11.3 Å². The number of ether oxygens (including phenoxy) is 1. The molecule has 0 bridgehead atoms. The number of rotatable bonds is 8. The summed E-state index contributed by atoms with van der Waals surface area (Å²) >= 11 is 0. The molecular formula is C29H34N6O3S. The van der Waals surface area contributed by atoms with E-state index < -0.39 is 10.0 Å². The van der Waals surface area contributed by atoms with Crippen molar-refractivity contribution in [2.24, 2.45) is 7.05 Å². The predicted octanol–water partition coefficient (Wildman–Crippen LogP) is 5.15. The first-order chi connectivity index (χ1) is 18.7. The lowest BCUT2D eigenvalue weighted by Crippen LogP contribution is -2.29. The molecule has 0 spiro atoms. The normalized spacial score (nSPS) is 14.9. The van der Waals surface area contributed by atoms with Gasteiger partial charge >= 0.3 is 0 Å². The van der Waals surface area contributed by atoms with Crippen molar-refractivity contribution in [3.05, 3.63) is 77.6 Å². The Kier molecular flexibility index (Phi) is 7.67. The van der Waals surface area contributed by atoms with Gasteiger partial charge in [-0.15, -0.1) is 0 Å². The van der Waals surface area contributed by atoms with Gasteiger partial charge in [-0.1, -0.05) is 43.3 Å². The van der Waals surface area contributed by atoms with Crippen molar-refractivity contribution in [1.82, 2.24) is 24.6 Å². The second-order valence-electron chi connectivity index (χ2n) is 10.1. The van der Waals surface area contributed by atoms with E-state index in [1.807, 2.05) is 50.2 Å². The highest BCUT2D eigenvalue weighted by Gasteiger charge is 2.23. The highest BCUT2D eigenvalue weighted by atomic mass is 32.2. The molecule has 0 atom stereocenters. The topological polar surface area (TPSA) is 102 Å². The molecule has 204 valence electrons. The Labute approximate surface area is 229 Å². The lowest BCUT2D eigenvalue weighted by molar-refractivity contribution is 0.255. The molecule has 2 aromatic heterocycles. The molecule has 1 aliphatic heterocycles. The van der Waals surface area contributed by atoms with Crippen molar-refractivity contribution in [2.75, 3.05) is 24.9 Å². The van der Waals surface area contributed by atoms with Gasteiger partial charge < -0.3 is 9.64 Å². The largest absolute Gasteiger partial charge is 0.439 e. The Hall–Kier alpha value is -3.76. The van der Waals surface area contributed by atoms with E-state index in [1.54, 1.807) is 7.05 Å². The zero-order valence-corrected chi connectivity index (χ0v) is 23.6. The van der Waals surface area contributed by atoms with E-state index >= 15 is 0 Å². The fourth-order valence-corrected chi connectivity index (χ4v) is 5.88. The maximum Gasteiger partial charge on any atom is 0.267 e. The Morgan fingerprint density at radius 3 is 2.38 bits per heavy atom. The summed E-state index contributed by atoms with van der Waals surface area (Å²) in [6, 6.07) is 16.0.